The molecule has 21 heavy (non-hydrogen) atoms. The summed E-state index contributed by atoms with van der Waals surface area (Å²) in [5.74, 6) is 2.20. The van der Waals surface area contributed by atoms with Crippen molar-refractivity contribution >= 4 is 11.9 Å². The molecule has 0 spiro atoms. The van der Waals surface area contributed by atoms with Crippen molar-refractivity contribution in [2.24, 2.45) is 11.8 Å². The number of rotatable bonds is 4. The first-order chi connectivity index (χ1) is 10.1. The summed E-state index contributed by atoms with van der Waals surface area (Å²) in [6, 6.07) is 2.08. The van der Waals surface area contributed by atoms with Crippen LogP contribution in [0.3, 0.4) is 0 Å². The van der Waals surface area contributed by atoms with Crippen LogP contribution in [0, 0.1) is 11.8 Å². The average molecular weight is 288 g/mol. The predicted octanol–water partition coefficient (Wildman–Crippen LogP) is 1.95. The lowest BCUT2D eigenvalue weighted by atomic mass is 10.0. The maximum absolute atomic E-state index is 12.5. The number of amides is 1. The smallest absolute Gasteiger partial charge is 0.225 e. The zero-order valence-corrected chi connectivity index (χ0v) is 12.9. The van der Waals surface area contributed by atoms with Crippen LogP contribution in [0.25, 0.3) is 0 Å². The van der Waals surface area contributed by atoms with E-state index < -0.39 is 0 Å². The molecule has 0 N–H and O–H groups in total. The van der Waals surface area contributed by atoms with Gasteiger partial charge < -0.3 is 9.80 Å². The fraction of sp³-hybridized carbons (Fsp3) is 0.688. The van der Waals surface area contributed by atoms with E-state index in [1.165, 1.54) is 12.8 Å². The van der Waals surface area contributed by atoms with Crippen LogP contribution in [-0.2, 0) is 4.79 Å². The van der Waals surface area contributed by atoms with E-state index in [0.717, 1.165) is 25.0 Å². The first-order valence-corrected chi connectivity index (χ1v) is 7.96. The van der Waals surface area contributed by atoms with Crippen molar-refractivity contribution in [1.29, 1.82) is 0 Å². The Morgan fingerprint density at radius 2 is 2.00 bits per heavy atom. The SMILES string of the molecule is CC(C)[C@H]1CN(c2ncccn2)CCC(=O)N1CC1CC1. The Morgan fingerprint density at radius 3 is 2.62 bits per heavy atom. The molecule has 1 aliphatic heterocycles. The van der Waals surface area contributed by atoms with Gasteiger partial charge in [0.05, 0.1) is 6.04 Å². The summed E-state index contributed by atoms with van der Waals surface area (Å²) in [7, 11) is 0. The van der Waals surface area contributed by atoms with Crippen LogP contribution in [0.5, 0.6) is 0 Å². The monoisotopic (exact) mass is 288 g/mol. The lowest BCUT2D eigenvalue weighted by molar-refractivity contribution is -0.133. The van der Waals surface area contributed by atoms with Crippen LogP contribution in [0.1, 0.15) is 33.1 Å². The molecule has 1 aliphatic carbocycles. The molecule has 1 amide bonds. The van der Waals surface area contributed by atoms with Crippen molar-refractivity contribution in [3.05, 3.63) is 18.5 Å². The molecule has 114 valence electrons. The molecule has 5 nitrogen and oxygen atoms in total. The Bertz CT molecular complexity index is 486. The number of carbonyl (C=O) groups excluding carboxylic acids is 1. The Balaban J connectivity index is 1.80. The number of carbonyl (C=O) groups is 1. The van der Waals surface area contributed by atoms with Crippen molar-refractivity contribution < 1.29 is 4.79 Å². The van der Waals surface area contributed by atoms with E-state index in [9.17, 15) is 4.79 Å². The molecule has 1 aromatic heterocycles. The molecule has 1 atom stereocenters. The van der Waals surface area contributed by atoms with E-state index in [2.05, 4.69) is 33.6 Å². The molecule has 0 aromatic carbocycles. The van der Waals surface area contributed by atoms with Crippen molar-refractivity contribution in [2.45, 2.75) is 39.2 Å². The highest BCUT2D eigenvalue weighted by Crippen LogP contribution is 2.32. The molecular weight excluding hydrogens is 264 g/mol. The normalized spacial score (nSPS) is 23.6. The minimum atomic E-state index is 0.254. The highest BCUT2D eigenvalue weighted by atomic mass is 16.2. The van der Waals surface area contributed by atoms with E-state index in [1.54, 1.807) is 12.4 Å². The highest BCUT2D eigenvalue weighted by molar-refractivity contribution is 5.78. The van der Waals surface area contributed by atoms with Gasteiger partial charge in [-0.15, -0.1) is 0 Å². The molecule has 2 aliphatic rings. The first kappa shape index (κ1) is 14.3. The van der Waals surface area contributed by atoms with E-state index >= 15 is 0 Å². The third kappa shape index (κ3) is 3.34. The zero-order valence-electron chi connectivity index (χ0n) is 12.9. The summed E-state index contributed by atoms with van der Waals surface area (Å²) in [4.78, 5) is 25.5. The molecule has 1 saturated carbocycles. The number of hydrogen-bond donors (Lipinski definition) is 0. The van der Waals surface area contributed by atoms with Gasteiger partial charge >= 0.3 is 0 Å². The van der Waals surface area contributed by atoms with Gasteiger partial charge in [0.15, 0.2) is 0 Å². The van der Waals surface area contributed by atoms with Gasteiger partial charge in [-0.2, -0.15) is 0 Å². The van der Waals surface area contributed by atoms with Gasteiger partial charge in [-0.05, 0) is 30.7 Å². The van der Waals surface area contributed by atoms with E-state index in [-0.39, 0.29) is 6.04 Å². The van der Waals surface area contributed by atoms with Gasteiger partial charge in [0.25, 0.3) is 0 Å². The van der Waals surface area contributed by atoms with Gasteiger partial charge in [-0.3, -0.25) is 4.79 Å². The standard InChI is InChI=1S/C16H24N4O/c1-12(2)14-11-19(16-17-7-3-8-18-16)9-6-15(21)20(14)10-13-4-5-13/h3,7-8,12-14H,4-6,9-11H2,1-2H3/t14-/m1/s1. The van der Waals surface area contributed by atoms with E-state index in [1.807, 2.05) is 6.07 Å². The van der Waals surface area contributed by atoms with Crippen molar-refractivity contribution in [3.63, 3.8) is 0 Å². The molecule has 3 rings (SSSR count). The Hall–Kier alpha value is -1.65. The molecule has 0 radical (unpaired) electrons. The van der Waals surface area contributed by atoms with Crippen LogP contribution >= 0.6 is 0 Å². The maximum atomic E-state index is 12.5. The number of aromatic nitrogens is 2. The third-order valence-electron chi connectivity index (χ3n) is 4.48. The maximum Gasteiger partial charge on any atom is 0.225 e. The number of anilines is 1. The summed E-state index contributed by atoms with van der Waals surface area (Å²) in [5, 5.41) is 0. The molecule has 0 unspecified atom stereocenters. The molecule has 2 heterocycles. The van der Waals surface area contributed by atoms with Crippen LogP contribution in [0.15, 0.2) is 18.5 Å². The Morgan fingerprint density at radius 1 is 1.29 bits per heavy atom. The number of nitrogens with zero attached hydrogens (tertiary/aromatic N) is 4. The topological polar surface area (TPSA) is 49.3 Å². The highest BCUT2D eigenvalue weighted by Gasteiger charge is 2.35. The summed E-state index contributed by atoms with van der Waals surface area (Å²) < 4.78 is 0. The molecule has 0 bridgehead atoms. The first-order valence-electron chi connectivity index (χ1n) is 7.96. The fourth-order valence-corrected chi connectivity index (χ4v) is 3.00. The molecule has 1 saturated heterocycles. The van der Waals surface area contributed by atoms with Gasteiger partial charge in [-0.25, -0.2) is 9.97 Å². The lowest BCUT2D eigenvalue weighted by Crippen LogP contribution is -2.47. The second kappa shape index (κ2) is 6.00. The third-order valence-corrected chi connectivity index (χ3v) is 4.48. The molecule has 5 heteroatoms. The van der Waals surface area contributed by atoms with E-state index in [0.29, 0.717) is 24.8 Å². The molecule has 1 aromatic rings. The quantitative estimate of drug-likeness (QED) is 0.849. The average Bonchev–Trinajstić information content (AvgIpc) is 3.30. The van der Waals surface area contributed by atoms with Gasteiger partial charge in [0.2, 0.25) is 11.9 Å². The summed E-state index contributed by atoms with van der Waals surface area (Å²) in [5.41, 5.74) is 0. The zero-order chi connectivity index (χ0) is 14.8. The summed E-state index contributed by atoms with van der Waals surface area (Å²) >= 11 is 0. The van der Waals surface area contributed by atoms with Gasteiger partial charge in [-0.1, -0.05) is 13.8 Å². The molecule has 2 fully saturated rings. The van der Waals surface area contributed by atoms with Gasteiger partial charge in [0.1, 0.15) is 0 Å². The van der Waals surface area contributed by atoms with Crippen LogP contribution in [0.2, 0.25) is 0 Å². The van der Waals surface area contributed by atoms with E-state index in [4.69, 9.17) is 0 Å². The largest absolute Gasteiger partial charge is 0.338 e. The second-order valence-electron chi connectivity index (χ2n) is 6.55. The second-order valence-corrected chi connectivity index (χ2v) is 6.55. The number of hydrogen-bond acceptors (Lipinski definition) is 4. The van der Waals surface area contributed by atoms with Gasteiger partial charge in [0, 0.05) is 38.4 Å². The summed E-state index contributed by atoms with van der Waals surface area (Å²) in [6.07, 6.45) is 6.65. The van der Waals surface area contributed by atoms with Crippen molar-refractivity contribution in [3.8, 4) is 0 Å². The molecular formula is C16H24N4O. The minimum absolute atomic E-state index is 0.254. The van der Waals surface area contributed by atoms with Crippen LogP contribution in [0.4, 0.5) is 5.95 Å². The Labute approximate surface area is 126 Å². The van der Waals surface area contributed by atoms with Crippen molar-refractivity contribution in [2.75, 3.05) is 24.5 Å². The van der Waals surface area contributed by atoms with Crippen LogP contribution < -0.4 is 4.90 Å². The fourth-order valence-electron chi connectivity index (χ4n) is 3.00. The van der Waals surface area contributed by atoms with Crippen LogP contribution in [-0.4, -0.2) is 46.5 Å². The van der Waals surface area contributed by atoms with Crippen molar-refractivity contribution in [1.82, 2.24) is 14.9 Å². The lowest BCUT2D eigenvalue weighted by Gasteiger charge is -2.34. The predicted molar refractivity (Wildman–Crippen MR) is 81.9 cm³/mol. The summed E-state index contributed by atoms with van der Waals surface area (Å²) in [6.45, 7) is 6.89. The minimum Gasteiger partial charge on any atom is -0.338 e. The Kier molecular flexibility index (Phi) is 4.08.